The van der Waals surface area contributed by atoms with Crippen molar-refractivity contribution in [2.75, 3.05) is 44.8 Å². The number of aromatic hydroxyl groups is 1. The molecule has 10 heteroatoms. The molecule has 3 aromatic rings. The quantitative estimate of drug-likeness (QED) is 0.352. The van der Waals surface area contributed by atoms with Crippen molar-refractivity contribution in [1.29, 1.82) is 0 Å². The van der Waals surface area contributed by atoms with E-state index in [4.69, 9.17) is 37.7 Å². The third-order valence-corrected chi connectivity index (χ3v) is 7.91. The molecule has 2 N–H and O–H groups in total. The number of ether oxygens (including phenoxy) is 2. The molecule has 0 radical (unpaired) electrons. The standard InChI is InChI=1S/C28H32Cl2N4O4/c1-2-38-28(36)20-15-31-24-8-7-23(18-13-21(29)27(35)22(30)14-18)33-26(24)25(20)32-19-5-3-17(4-6-19)16-34-9-11-37-12-10-34/h7-8,13-15,17,19,35H,2-6,9-12,16H2,1H3,(H,31,32). The minimum atomic E-state index is -0.437. The molecule has 202 valence electrons. The molecule has 0 unspecified atom stereocenters. The van der Waals surface area contributed by atoms with E-state index in [-0.39, 0.29) is 28.4 Å². The second-order valence-corrected chi connectivity index (χ2v) is 10.7. The van der Waals surface area contributed by atoms with Gasteiger partial charge in [-0.25, -0.2) is 9.78 Å². The minimum absolute atomic E-state index is 0.139. The smallest absolute Gasteiger partial charge is 0.341 e. The number of phenolic OH excluding ortho intramolecular Hbond substituents is 1. The molecule has 2 aliphatic rings. The summed E-state index contributed by atoms with van der Waals surface area (Å²) in [6, 6.07) is 7.10. The van der Waals surface area contributed by atoms with Gasteiger partial charge in [-0.1, -0.05) is 23.2 Å². The summed E-state index contributed by atoms with van der Waals surface area (Å²) in [6.45, 7) is 6.82. The lowest BCUT2D eigenvalue weighted by molar-refractivity contribution is 0.0276. The van der Waals surface area contributed by atoms with Crippen LogP contribution in [0.3, 0.4) is 0 Å². The van der Waals surface area contributed by atoms with E-state index >= 15 is 0 Å². The maximum Gasteiger partial charge on any atom is 0.341 e. The molecule has 0 bridgehead atoms. The lowest BCUT2D eigenvalue weighted by atomic mass is 9.85. The van der Waals surface area contributed by atoms with Crippen molar-refractivity contribution in [2.24, 2.45) is 5.92 Å². The van der Waals surface area contributed by atoms with Crippen LogP contribution in [0.2, 0.25) is 10.0 Å². The number of aromatic nitrogens is 2. The summed E-state index contributed by atoms with van der Waals surface area (Å²) >= 11 is 12.3. The Balaban J connectivity index is 1.42. The van der Waals surface area contributed by atoms with Crippen LogP contribution in [0.25, 0.3) is 22.3 Å². The van der Waals surface area contributed by atoms with Crippen LogP contribution in [0.1, 0.15) is 43.0 Å². The Labute approximate surface area is 232 Å². The monoisotopic (exact) mass is 558 g/mol. The van der Waals surface area contributed by atoms with Gasteiger partial charge in [-0.3, -0.25) is 9.88 Å². The van der Waals surface area contributed by atoms with Crippen molar-refractivity contribution in [3.05, 3.63) is 46.1 Å². The van der Waals surface area contributed by atoms with Gasteiger partial charge in [-0.2, -0.15) is 0 Å². The Bertz CT molecular complexity index is 1280. The van der Waals surface area contributed by atoms with Crippen molar-refractivity contribution in [2.45, 2.75) is 38.6 Å². The maximum absolute atomic E-state index is 12.9. The van der Waals surface area contributed by atoms with E-state index < -0.39 is 5.97 Å². The summed E-state index contributed by atoms with van der Waals surface area (Å²) in [5, 5.41) is 13.9. The van der Waals surface area contributed by atoms with Crippen LogP contribution in [0.5, 0.6) is 5.75 Å². The van der Waals surface area contributed by atoms with E-state index in [9.17, 15) is 9.90 Å². The number of morpholine rings is 1. The Kier molecular flexibility index (Phi) is 8.53. The van der Waals surface area contributed by atoms with Crippen molar-refractivity contribution in [3.8, 4) is 17.0 Å². The number of halogens is 2. The third kappa shape index (κ3) is 5.99. The highest BCUT2D eigenvalue weighted by Gasteiger charge is 2.26. The minimum Gasteiger partial charge on any atom is -0.505 e. The van der Waals surface area contributed by atoms with E-state index in [0.29, 0.717) is 39.5 Å². The van der Waals surface area contributed by atoms with Gasteiger partial charge in [0, 0.05) is 37.4 Å². The van der Waals surface area contributed by atoms with E-state index in [1.54, 1.807) is 25.3 Å². The lowest BCUT2D eigenvalue weighted by Crippen LogP contribution is -2.40. The van der Waals surface area contributed by atoms with Crippen molar-refractivity contribution < 1.29 is 19.4 Å². The number of nitrogens with zero attached hydrogens (tertiary/aromatic N) is 3. The van der Waals surface area contributed by atoms with Crippen LogP contribution in [0.15, 0.2) is 30.5 Å². The molecule has 0 spiro atoms. The number of anilines is 1. The van der Waals surface area contributed by atoms with Gasteiger partial charge in [-0.05, 0) is 62.8 Å². The number of hydrogen-bond donors (Lipinski definition) is 2. The van der Waals surface area contributed by atoms with E-state index in [1.807, 2.05) is 12.1 Å². The van der Waals surface area contributed by atoms with Crippen LogP contribution in [-0.4, -0.2) is 71.4 Å². The molecule has 0 amide bonds. The molecule has 1 aromatic carbocycles. The van der Waals surface area contributed by atoms with Crippen LogP contribution in [-0.2, 0) is 9.47 Å². The first-order chi connectivity index (χ1) is 18.4. The van der Waals surface area contributed by atoms with Crippen LogP contribution in [0, 0.1) is 5.92 Å². The van der Waals surface area contributed by atoms with Gasteiger partial charge < -0.3 is 19.9 Å². The van der Waals surface area contributed by atoms with Crippen LogP contribution in [0.4, 0.5) is 5.69 Å². The first kappa shape index (κ1) is 26.9. The van der Waals surface area contributed by atoms with E-state index in [2.05, 4.69) is 15.2 Å². The van der Waals surface area contributed by atoms with Gasteiger partial charge >= 0.3 is 5.97 Å². The molecule has 3 heterocycles. The van der Waals surface area contributed by atoms with Gasteiger partial charge in [0.2, 0.25) is 0 Å². The summed E-state index contributed by atoms with van der Waals surface area (Å²) in [5.74, 6) is 0.0580. The molecule has 0 atom stereocenters. The molecule has 38 heavy (non-hydrogen) atoms. The van der Waals surface area contributed by atoms with Crippen molar-refractivity contribution in [1.82, 2.24) is 14.9 Å². The second-order valence-electron chi connectivity index (χ2n) is 9.90. The predicted molar refractivity (Wildman–Crippen MR) is 149 cm³/mol. The number of carbonyl (C=O) groups is 1. The number of rotatable bonds is 7. The van der Waals surface area contributed by atoms with Crippen molar-refractivity contribution in [3.63, 3.8) is 0 Å². The van der Waals surface area contributed by atoms with Gasteiger partial charge in [0.1, 0.15) is 11.1 Å². The SMILES string of the molecule is CCOC(=O)c1cnc2ccc(-c3cc(Cl)c(O)c(Cl)c3)nc2c1NC1CCC(CN2CCOCC2)CC1. The highest BCUT2D eigenvalue weighted by molar-refractivity contribution is 6.37. The fourth-order valence-corrected chi connectivity index (χ4v) is 5.78. The fourth-order valence-electron chi connectivity index (χ4n) is 5.29. The molecule has 1 saturated carbocycles. The Morgan fingerprint density at radius 3 is 2.55 bits per heavy atom. The maximum atomic E-state index is 12.9. The molecular formula is C28H32Cl2N4O4. The number of benzene rings is 1. The fraction of sp³-hybridized carbons (Fsp3) is 0.464. The zero-order valence-electron chi connectivity index (χ0n) is 21.4. The van der Waals surface area contributed by atoms with Gasteiger partial charge in [-0.15, -0.1) is 0 Å². The second kappa shape index (κ2) is 12.0. The Morgan fingerprint density at radius 1 is 1.16 bits per heavy atom. The third-order valence-electron chi connectivity index (χ3n) is 7.34. The predicted octanol–water partition coefficient (Wildman–Crippen LogP) is 5.79. The summed E-state index contributed by atoms with van der Waals surface area (Å²) in [4.78, 5) is 24.8. The summed E-state index contributed by atoms with van der Waals surface area (Å²) in [7, 11) is 0. The lowest BCUT2D eigenvalue weighted by Gasteiger charge is -2.35. The topological polar surface area (TPSA) is 96.8 Å². The van der Waals surface area contributed by atoms with E-state index in [1.165, 1.54) is 0 Å². The molecule has 2 fully saturated rings. The number of phenols is 1. The molecule has 1 aliphatic carbocycles. The first-order valence-corrected chi connectivity index (χ1v) is 13.9. The number of carbonyl (C=O) groups excluding carboxylic acids is 1. The molecule has 2 aromatic heterocycles. The number of fused-ring (bicyclic) bond motifs is 1. The Hall–Kier alpha value is -2.65. The molecule has 5 rings (SSSR count). The summed E-state index contributed by atoms with van der Waals surface area (Å²) in [5.41, 5.74) is 3.46. The normalized spacial score (nSPS) is 20.4. The number of esters is 1. The highest BCUT2D eigenvalue weighted by Crippen LogP contribution is 2.37. The average molecular weight is 559 g/mol. The first-order valence-electron chi connectivity index (χ1n) is 13.1. The highest BCUT2D eigenvalue weighted by atomic mass is 35.5. The number of nitrogens with one attached hydrogen (secondary N) is 1. The van der Waals surface area contributed by atoms with Crippen molar-refractivity contribution >= 4 is 45.9 Å². The number of pyridine rings is 2. The van der Waals surface area contributed by atoms with E-state index in [0.717, 1.165) is 58.5 Å². The Morgan fingerprint density at radius 2 is 1.87 bits per heavy atom. The molecule has 1 aliphatic heterocycles. The zero-order chi connectivity index (χ0) is 26.6. The molecular weight excluding hydrogens is 527 g/mol. The van der Waals surface area contributed by atoms with Gasteiger partial charge in [0.05, 0.1) is 46.8 Å². The van der Waals surface area contributed by atoms with Gasteiger partial charge in [0.25, 0.3) is 0 Å². The largest absolute Gasteiger partial charge is 0.505 e. The number of hydrogen-bond acceptors (Lipinski definition) is 8. The molecule has 1 saturated heterocycles. The zero-order valence-corrected chi connectivity index (χ0v) is 22.9. The average Bonchev–Trinajstić information content (AvgIpc) is 2.93. The van der Waals surface area contributed by atoms with Crippen LogP contribution >= 0.6 is 23.2 Å². The summed E-state index contributed by atoms with van der Waals surface area (Å²) in [6.07, 6.45) is 5.81. The van der Waals surface area contributed by atoms with Crippen LogP contribution < -0.4 is 5.32 Å². The van der Waals surface area contributed by atoms with Gasteiger partial charge in [0.15, 0.2) is 5.75 Å². The summed E-state index contributed by atoms with van der Waals surface area (Å²) < 4.78 is 10.8. The molecule has 8 nitrogen and oxygen atoms in total.